The Kier molecular flexibility index (Phi) is 4.32. The maximum Gasteiger partial charge on any atom is 0.339 e. The van der Waals surface area contributed by atoms with E-state index in [9.17, 15) is 4.79 Å². The molecule has 0 aromatic heterocycles. The van der Waals surface area contributed by atoms with Crippen LogP contribution in [0.1, 0.15) is 28.4 Å². The molecule has 0 heterocycles. The van der Waals surface area contributed by atoms with Gasteiger partial charge >= 0.3 is 5.97 Å². The molecule has 0 aliphatic heterocycles. The molecule has 0 amide bonds. The van der Waals surface area contributed by atoms with Gasteiger partial charge in [-0.1, -0.05) is 15.9 Å². The van der Waals surface area contributed by atoms with Crippen molar-refractivity contribution >= 4 is 21.9 Å². The molecule has 4 nitrogen and oxygen atoms in total. The van der Waals surface area contributed by atoms with Crippen LogP contribution in [0.15, 0.2) is 12.1 Å². The van der Waals surface area contributed by atoms with Crippen molar-refractivity contribution in [3.63, 3.8) is 0 Å². The quantitative estimate of drug-likeness (QED) is 0.862. The maximum atomic E-state index is 11.0. The Hall–Kier alpha value is -1.54. The number of carboxylic acid groups (broad SMARTS) is 1. The summed E-state index contributed by atoms with van der Waals surface area (Å²) in [5, 5.41) is 18.3. The average molecular weight is 284 g/mol. The molecule has 1 aromatic rings. The van der Waals surface area contributed by atoms with Crippen molar-refractivity contribution in [1.29, 1.82) is 5.26 Å². The summed E-state index contributed by atoms with van der Waals surface area (Å²) in [6.07, 6.45) is 0. The molecule has 16 heavy (non-hydrogen) atoms. The van der Waals surface area contributed by atoms with Gasteiger partial charge in [-0.3, -0.25) is 0 Å². The van der Waals surface area contributed by atoms with E-state index >= 15 is 0 Å². The molecule has 0 saturated heterocycles. The van der Waals surface area contributed by atoms with Crippen molar-refractivity contribution in [2.24, 2.45) is 0 Å². The Labute approximate surface area is 102 Å². The van der Waals surface area contributed by atoms with Gasteiger partial charge in [0.25, 0.3) is 0 Å². The van der Waals surface area contributed by atoms with Gasteiger partial charge in [-0.05, 0) is 24.6 Å². The molecule has 84 valence electrons. The first-order valence-corrected chi connectivity index (χ1v) is 5.75. The molecule has 0 radical (unpaired) electrons. The van der Waals surface area contributed by atoms with Gasteiger partial charge in [-0.15, -0.1) is 0 Å². The molecule has 0 unspecified atom stereocenters. The van der Waals surface area contributed by atoms with Crippen molar-refractivity contribution in [3.05, 3.63) is 28.8 Å². The fraction of sp³-hybridized carbons (Fsp3) is 0.273. The van der Waals surface area contributed by atoms with Gasteiger partial charge in [0.15, 0.2) is 0 Å². The molecular weight excluding hydrogens is 274 g/mol. The average Bonchev–Trinajstić information content (AvgIpc) is 2.28. The molecule has 5 heteroatoms. The van der Waals surface area contributed by atoms with Crippen LogP contribution in [0.4, 0.5) is 0 Å². The smallest absolute Gasteiger partial charge is 0.339 e. The SMILES string of the molecule is CCOc1cc(CBr)c(C#N)cc1C(=O)O. The molecule has 1 aromatic carbocycles. The highest BCUT2D eigenvalue weighted by Gasteiger charge is 2.15. The molecule has 1 rings (SSSR count). The molecule has 1 N–H and O–H groups in total. The number of hydrogen-bond acceptors (Lipinski definition) is 3. The zero-order valence-corrected chi connectivity index (χ0v) is 10.2. The molecular formula is C11H10BrNO3. The van der Waals surface area contributed by atoms with Crippen LogP contribution in [0.2, 0.25) is 0 Å². The van der Waals surface area contributed by atoms with Crippen molar-refractivity contribution < 1.29 is 14.6 Å². The number of nitrogens with zero attached hydrogens (tertiary/aromatic N) is 1. The second-order valence-electron chi connectivity index (χ2n) is 2.99. The largest absolute Gasteiger partial charge is 0.493 e. The number of aromatic carboxylic acids is 1. The van der Waals surface area contributed by atoms with Gasteiger partial charge in [0.2, 0.25) is 0 Å². The third-order valence-electron chi connectivity index (χ3n) is 2.00. The fourth-order valence-electron chi connectivity index (χ4n) is 1.28. The summed E-state index contributed by atoms with van der Waals surface area (Å²) in [5.74, 6) is -0.801. The summed E-state index contributed by atoms with van der Waals surface area (Å²) in [4.78, 5) is 11.0. The summed E-state index contributed by atoms with van der Waals surface area (Å²) < 4.78 is 5.23. The molecule has 0 aliphatic carbocycles. The topological polar surface area (TPSA) is 70.3 Å². The highest BCUT2D eigenvalue weighted by molar-refractivity contribution is 9.08. The standard InChI is InChI=1S/C11H10BrNO3/c1-2-16-10-4-7(5-12)8(6-13)3-9(10)11(14)15/h3-4H,2,5H2,1H3,(H,14,15). The van der Waals surface area contributed by atoms with Gasteiger partial charge < -0.3 is 9.84 Å². The van der Waals surface area contributed by atoms with Crippen molar-refractivity contribution in [2.45, 2.75) is 12.3 Å². The number of ether oxygens (including phenoxy) is 1. The van der Waals surface area contributed by atoms with Crippen LogP contribution < -0.4 is 4.74 Å². The van der Waals surface area contributed by atoms with Gasteiger partial charge in [-0.25, -0.2) is 4.79 Å². The Balaban J connectivity index is 3.36. The van der Waals surface area contributed by atoms with Gasteiger partial charge in [0, 0.05) is 5.33 Å². The van der Waals surface area contributed by atoms with E-state index in [4.69, 9.17) is 15.1 Å². The lowest BCUT2D eigenvalue weighted by atomic mass is 10.0. The number of carboxylic acids is 1. The van der Waals surface area contributed by atoms with E-state index in [1.807, 2.05) is 6.07 Å². The van der Waals surface area contributed by atoms with Crippen LogP contribution in [-0.2, 0) is 5.33 Å². The Morgan fingerprint density at radius 1 is 1.62 bits per heavy atom. The highest BCUT2D eigenvalue weighted by atomic mass is 79.9. The fourth-order valence-corrected chi connectivity index (χ4v) is 1.74. The lowest BCUT2D eigenvalue weighted by Gasteiger charge is -2.09. The van der Waals surface area contributed by atoms with Crippen LogP contribution in [0, 0.1) is 11.3 Å². The minimum absolute atomic E-state index is 0.0168. The highest BCUT2D eigenvalue weighted by Crippen LogP contribution is 2.25. The van der Waals surface area contributed by atoms with Crippen molar-refractivity contribution in [1.82, 2.24) is 0 Å². The number of hydrogen-bond donors (Lipinski definition) is 1. The van der Waals surface area contributed by atoms with E-state index in [1.165, 1.54) is 6.07 Å². The third-order valence-corrected chi connectivity index (χ3v) is 2.60. The Bertz CT molecular complexity index is 451. The first-order chi connectivity index (χ1) is 7.63. The van der Waals surface area contributed by atoms with Gasteiger partial charge in [0.1, 0.15) is 11.3 Å². The zero-order chi connectivity index (χ0) is 12.1. The van der Waals surface area contributed by atoms with E-state index in [0.717, 1.165) is 5.56 Å². The summed E-state index contributed by atoms with van der Waals surface area (Å²) in [7, 11) is 0. The van der Waals surface area contributed by atoms with E-state index in [0.29, 0.717) is 23.2 Å². The summed E-state index contributed by atoms with van der Waals surface area (Å²) in [6.45, 7) is 2.16. The minimum Gasteiger partial charge on any atom is -0.493 e. The van der Waals surface area contributed by atoms with E-state index in [-0.39, 0.29) is 5.56 Å². The molecule has 0 bridgehead atoms. The Morgan fingerprint density at radius 2 is 2.31 bits per heavy atom. The number of halogens is 1. The lowest BCUT2D eigenvalue weighted by Crippen LogP contribution is -2.05. The number of alkyl halides is 1. The number of nitriles is 1. The summed E-state index contributed by atoms with van der Waals surface area (Å²) in [5.41, 5.74) is 1.08. The van der Waals surface area contributed by atoms with Crippen molar-refractivity contribution in [2.75, 3.05) is 6.61 Å². The minimum atomic E-state index is -1.10. The predicted octanol–water partition coefficient (Wildman–Crippen LogP) is 2.55. The predicted molar refractivity (Wildman–Crippen MR) is 61.9 cm³/mol. The van der Waals surface area contributed by atoms with E-state index < -0.39 is 5.97 Å². The molecule has 0 saturated carbocycles. The second kappa shape index (κ2) is 5.52. The monoisotopic (exact) mass is 283 g/mol. The van der Waals surface area contributed by atoms with Crippen LogP contribution in [-0.4, -0.2) is 17.7 Å². The normalized spacial score (nSPS) is 9.56. The summed E-state index contributed by atoms with van der Waals surface area (Å²) in [6, 6.07) is 4.88. The lowest BCUT2D eigenvalue weighted by molar-refractivity contribution is 0.0692. The molecule has 0 atom stereocenters. The molecule has 0 fully saturated rings. The van der Waals surface area contributed by atoms with Gasteiger partial charge in [0.05, 0.1) is 18.2 Å². The van der Waals surface area contributed by atoms with E-state index in [2.05, 4.69) is 15.9 Å². The van der Waals surface area contributed by atoms with Crippen molar-refractivity contribution in [3.8, 4) is 11.8 Å². The molecule has 0 spiro atoms. The van der Waals surface area contributed by atoms with Crippen LogP contribution >= 0.6 is 15.9 Å². The third kappa shape index (κ3) is 2.52. The summed E-state index contributed by atoms with van der Waals surface area (Å²) >= 11 is 3.24. The number of carbonyl (C=O) groups is 1. The number of rotatable bonds is 4. The Morgan fingerprint density at radius 3 is 2.75 bits per heavy atom. The van der Waals surface area contributed by atoms with E-state index in [1.54, 1.807) is 13.0 Å². The van der Waals surface area contributed by atoms with Gasteiger partial charge in [-0.2, -0.15) is 5.26 Å². The van der Waals surface area contributed by atoms with Crippen LogP contribution in [0.25, 0.3) is 0 Å². The first-order valence-electron chi connectivity index (χ1n) is 4.63. The molecule has 0 aliphatic rings. The number of benzene rings is 1. The zero-order valence-electron chi connectivity index (χ0n) is 8.66. The maximum absolute atomic E-state index is 11.0. The second-order valence-corrected chi connectivity index (χ2v) is 3.55. The first kappa shape index (κ1) is 12.5. The van der Waals surface area contributed by atoms with Crippen LogP contribution in [0.3, 0.4) is 0 Å². The van der Waals surface area contributed by atoms with Crippen LogP contribution in [0.5, 0.6) is 5.75 Å².